The van der Waals surface area contributed by atoms with E-state index < -0.39 is 0 Å². The first-order valence-corrected chi connectivity index (χ1v) is 7.15. The second-order valence-corrected chi connectivity index (χ2v) is 5.82. The lowest BCUT2D eigenvalue weighted by atomic mass is 10.2. The van der Waals surface area contributed by atoms with Gasteiger partial charge in [-0.3, -0.25) is 0 Å². The highest BCUT2D eigenvalue weighted by Crippen LogP contribution is 2.19. The quantitative estimate of drug-likeness (QED) is 0.875. The molecule has 2 amide bonds. The van der Waals surface area contributed by atoms with Crippen molar-refractivity contribution in [2.24, 2.45) is 0 Å². The standard InChI is InChI=1S/C13H13BrN2OS/c1-9-3-2-4-11(5-9)16-13(17)15-7-12-6-10(14)8-18-12/h2-6,8H,7H2,1H3,(H2,15,16,17). The molecule has 1 aromatic heterocycles. The molecule has 2 rings (SSSR count). The summed E-state index contributed by atoms with van der Waals surface area (Å²) in [6.45, 7) is 2.53. The number of amides is 2. The number of nitrogens with one attached hydrogen (secondary N) is 2. The Bertz CT molecular complexity index is 553. The molecule has 0 aliphatic rings. The normalized spacial score (nSPS) is 10.1. The zero-order chi connectivity index (χ0) is 13.0. The molecule has 2 aromatic rings. The highest BCUT2D eigenvalue weighted by molar-refractivity contribution is 9.10. The summed E-state index contributed by atoms with van der Waals surface area (Å²) in [5.74, 6) is 0. The number of aryl methyl sites for hydroxylation is 1. The molecule has 0 saturated heterocycles. The SMILES string of the molecule is Cc1cccc(NC(=O)NCc2cc(Br)cs2)c1. The van der Waals surface area contributed by atoms with Crippen LogP contribution in [0.1, 0.15) is 10.4 Å². The molecule has 0 aliphatic carbocycles. The number of urea groups is 1. The Hall–Kier alpha value is -1.33. The summed E-state index contributed by atoms with van der Waals surface area (Å²) in [7, 11) is 0. The lowest BCUT2D eigenvalue weighted by Gasteiger charge is -2.07. The Kier molecular flexibility index (Phi) is 4.38. The molecule has 18 heavy (non-hydrogen) atoms. The first kappa shape index (κ1) is 13.1. The van der Waals surface area contributed by atoms with E-state index in [9.17, 15) is 4.79 Å². The van der Waals surface area contributed by atoms with E-state index in [1.165, 1.54) is 0 Å². The number of hydrogen-bond donors (Lipinski definition) is 2. The van der Waals surface area contributed by atoms with Gasteiger partial charge in [0.05, 0.1) is 6.54 Å². The minimum atomic E-state index is -0.190. The first-order chi connectivity index (χ1) is 8.63. The van der Waals surface area contributed by atoms with Crippen molar-refractivity contribution < 1.29 is 4.79 Å². The van der Waals surface area contributed by atoms with Gasteiger partial charge in [0.15, 0.2) is 0 Å². The number of rotatable bonds is 3. The van der Waals surface area contributed by atoms with Crippen LogP contribution in [0.2, 0.25) is 0 Å². The molecule has 0 bridgehead atoms. The molecule has 2 N–H and O–H groups in total. The molecule has 0 fully saturated rings. The topological polar surface area (TPSA) is 41.1 Å². The fourth-order valence-electron chi connectivity index (χ4n) is 1.51. The summed E-state index contributed by atoms with van der Waals surface area (Å²) in [6, 6.07) is 9.52. The lowest BCUT2D eigenvalue weighted by molar-refractivity contribution is 0.252. The van der Waals surface area contributed by atoms with E-state index >= 15 is 0 Å². The highest BCUT2D eigenvalue weighted by Gasteiger charge is 2.03. The third-order valence-electron chi connectivity index (χ3n) is 2.32. The molecule has 0 unspecified atom stereocenters. The van der Waals surface area contributed by atoms with Gasteiger partial charge in [-0.05, 0) is 46.6 Å². The van der Waals surface area contributed by atoms with Gasteiger partial charge in [-0.2, -0.15) is 0 Å². The Labute approximate surface area is 118 Å². The van der Waals surface area contributed by atoms with Crippen molar-refractivity contribution in [1.29, 1.82) is 0 Å². The Balaban J connectivity index is 1.85. The second-order valence-electron chi connectivity index (χ2n) is 3.91. The first-order valence-electron chi connectivity index (χ1n) is 5.48. The monoisotopic (exact) mass is 324 g/mol. The van der Waals surface area contributed by atoms with Gasteiger partial charge in [-0.1, -0.05) is 12.1 Å². The van der Waals surface area contributed by atoms with Crippen molar-refractivity contribution in [3.8, 4) is 0 Å². The maximum atomic E-state index is 11.7. The van der Waals surface area contributed by atoms with E-state index in [0.29, 0.717) is 6.54 Å². The van der Waals surface area contributed by atoms with Crippen LogP contribution in [0.15, 0.2) is 40.2 Å². The van der Waals surface area contributed by atoms with E-state index in [1.54, 1.807) is 11.3 Å². The van der Waals surface area contributed by atoms with Crippen molar-refractivity contribution in [3.05, 3.63) is 50.6 Å². The Morgan fingerprint density at radius 1 is 1.39 bits per heavy atom. The van der Waals surface area contributed by atoms with Gasteiger partial charge in [-0.25, -0.2) is 4.79 Å². The minimum absolute atomic E-state index is 0.190. The smallest absolute Gasteiger partial charge is 0.319 e. The second kappa shape index (κ2) is 6.02. The Morgan fingerprint density at radius 2 is 2.22 bits per heavy atom. The zero-order valence-electron chi connectivity index (χ0n) is 9.87. The van der Waals surface area contributed by atoms with Crippen LogP contribution in [-0.2, 0) is 6.54 Å². The van der Waals surface area contributed by atoms with Crippen molar-refractivity contribution in [2.75, 3.05) is 5.32 Å². The highest BCUT2D eigenvalue weighted by atomic mass is 79.9. The third-order valence-corrected chi connectivity index (χ3v) is 4.02. The van der Waals surface area contributed by atoms with Gasteiger partial charge in [0.2, 0.25) is 0 Å². The summed E-state index contributed by atoms with van der Waals surface area (Å²) in [5.41, 5.74) is 1.93. The molecular weight excluding hydrogens is 312 g/mol. The van der Waals surface area contributed by atoms with Crippen molar-refractivity contribution in [2.45, 2.75) is 13.5 Å². The average Bonchev–Trinajstić information content (AvgIpc) is 2.73. The number of halogens is 1. The molecular formula is C13H13BrN2OS. The summed E-state index contributed by atoms with van der Waals surface area (Å²) in [4.78, 5) is 12.8. The molecule has 1 aromatic carbocycles. The molecule has 5 heteroatoms. The van der Waals surface area contributed by atoms with Gasteiger partial charge in [-0.15, -0.1) is 11.3 Å². The van der Waals surface area contributed by atoms with Crippen LogP contribution in [0.5, 0.6) is 0 Å². The van der Waals surface area contributed by atoms with E-state index in [2.05, 4.69) is 26.6 Å². The molecule has 0 saturated carbocycles. The number of benzene rings is 1. The Morgan fingerprint density at radius 3 is 2.89 bits per heavy atom. The van der Waals surface area contributed by atoms with Gasteiger partial charge in [0.25, 0.3) is 0 Å². The maximum absolute atomic E-state index is 11.7. The summed E-state index contributed by atoms with van der Waals surface area (Å²) in [5, 5.41) is 7.62. The van der Waals surface area contributed by atoms with Crippen LogP contribution in [0.25, 0.3) is 0 Å². The van der Waals surface area contributed by atoms with Crippen molar-refractivity contribution in [3.63, 3.8) is 0 Å². The number of thiophene rings is 1. The van der Waals surface area contributed by atoms with Crippen LogP contribution < -0.4 is 10.6 Å². The van der Waals surface area contributed by atoms with Gasteiger partial charge < -0.3 is 10.6 Å². The molecule has 0 aliphatic heterocycles. The van der Waals surface area contributed by atoms with Crippen molar-refractivity contribution >= 4 is 39.0 Å². The molecule has 0 radical (unpaired) electrons. The van der Waals surface area contributed by atoms with E-state index in [1.807, 2.05) is 42.6 Å². The number of carbonyl (C=O) groups is 1. The van der Waals surface area contributed by atoms with Crippen LogP contribution in [0.3, 0.4) is 0 Å². The van der Waals surface area contributed by atoms with Crippen LogP contribution >= 0.6 is 27.3 Å². The number of anilines is 1. The molecule has 3 nitrogen and oxygen atoms in total. The molecule has 94 valence electrons. The zero-order valence-corrected chi connectivity index (χ0v) is 12.3. The van der Waals surface area contributed by atoms with E-state index in [4.69, 9.17) is 0 Å². The largest absolute Gasteiger partial charge is 0.333 e. The van der Waals surface area contributed by atoms with Gasteiger partial charge in [0.1, 0.15) is 0 Å². The molecule has 1 heterocycles. The average molecular weight is 325 g/mol. The van der Waals surface area contributed by atoms with Crippen LogP contribution in [0, 0.1) is 6.92 Å². The summed E-state index contributed by atoms with van der Waals surface area (Å²) >= 11 is 4.99. The minimum Gasteiger partial charge on any atom is -0.333 e. The predicted molar refractivity (Wildman–Crippen MR) is 79.1 cm³/mol. The predicted octanol–water partition coefficient (Wildman–Crippen LogP) is 4.14. The fourth-order valence-corrected chi connectivity index (χ4v) is 2.90. The maximum Gasteiger partial charge on any atom is 0.319 e. The summed E-state index contributed by atoms with van der Waals surface area (Å²) < 4.78 is 1.04. The van der Waals surface area contributed by atoms with E-state index in [0.717, 1.165) is 20.6 Å². The molecule has 0 atom stereocenters. The molecule has 0 spiro atoms. The van der Waals surface area contributed by atoms with Gasteiger partial charge >= 0.3 is 6.03 Å². The fraction of sp³-hybridized carbons (Fsp3) is 0.154. The number of carbonyl (C=O) groups excluding carboxylic acids is 1. The van der Waals surface area contributed by atoms with Crippen LogP contribution in [0.4, 0.5) is 10.5 Å². The van der Waals surface area contributed by atoms with Crippen LogP contribution in [-0.4, -0.2) is 6.03 Å². The van der Waals surface area contributed by atoms with Crippen molar-refractivity contribution in [1.82, 2.24) is 5.32 Å². The lowest BCUT2D eigenvalue weighted by Crippen LogP contribution is -2.27. The van der Waals surface area contributed by atoms with Gasteiger partial charge in [0, 0.05) is 20.4 Å². The third kappa shape index (κ3) is 3.85. The number of hydrogen-bond acceptors (Lipinski definition) is 2. The van der Waals surface area contributed by atoms with E-state index in [-0.39, 0.29) is 6.03 Å². The summed E-state index contributed by atoms with van der Waals surface area (Å²) in [6.07, 6.45) is 0.